The summed E-state index contributed by atoms with van der Waals surface area (Å²) < 4.78 is 5.19. The monoisotopic (exact) mass is 183 g/mol. The number of carbonyl (C=O) groups excluding carboxylic acids is 1. The zero-order chi connectivity index (χ0) is 9.52. The molecule has 0 spiro atoms. The van der Waals surface area contributed by atoms with Crippen LogP contribution in [0.1, 0.15) is 32.1 Å². The van der Waals surface area contributed by atoms with Crippen molar-refractivity contribution in [2.45, 2.75) is 38.2 Å². The predicted molar refractivity (Wildman–Crippen MR) is 51.6 cm³/mol. The van der Waals surface area contributed by atoms with E-state index in [1.165, 1.54) is 0 Å². The van der Waals surface area contributed by atoms with E-state index in [1.807, 2.05) is 0 Å². The molecule has 0 aromatic heterocycles. The first-order valence-corrected chi connectivity index (χ1v) is 4.86. The molecule has 3 heteroatoms. The summed E-state index contributed by atoms with van der Waals surface area (Å²) in [6.07, 6.45) is 9.32. The summed E-state index contributed by atoms with van der Waals surface area (Å²) in [5, 5.41) is 2.47. The molecule has 3 nitrogen and oxygen atoms in total. The molecule has 1 amide bonds. The van der Waals surface area contributed by atoms with Gasteiger partial charge >= 0.3 is 6.09 Å². The summed E-state index contributed by atoms with van der Waals surface area (Å²) in [7, 11) is 1.59. The number of rotatable bonds is 1. The third-order valence-corrected chi connectivity index (χ3v) is 2.20. The van der Waals surface area contributed by atoms with E-state index in [2.05, 4.69) is 17.5 Å². The highest BCUT2D eigenvalue weighted by Crippen LogP contribution is 2.15. The Morgan fingerprint density at radius 1 is 1.38 bits per heavy atom. The van der Waals surface area contributed by atoms with E-state index < -0.39 is 0 Å². The van der Waals surface area contributed by atoms with E-state index in [0.717, 1.165) is 32.1 Å². The highest BCUT2D eigenvalue weighted by Gasteiger charge is 2.12. The number of amides is 1. The van der Waals surface area contributed by atoms with E-state index in [0.29, 0.717) is 0 Å². The van der Waals surface area contributed by atoms with E-state index in [4.69, 9.17) is 4.74 Å². The molecule has 0 saturated carbocycles. The molecule has 0 aromatic rings. The average Bonchev–Trinajstić information content (AvgIpc) is 2.09. The number of nitrogens with one attached hydrogen (secondary N) is 1. The van der Waals surface area contributed by atoms with Crippen LogP contribution in [0.5, 0.6) is 0 Å². The van der Waals surface area contributed by atoms with Gasteiger partial charge in [-0.1, -0.05) is 12.2 Å². The Bertz CT molecular complexity index is 189. The van der Waals surface area contributed by atoms with Crippen molar-refractivity contribution in [3.63, 3.8) is 0 Å². The van der Waals surface area contributed by atoms with Gasteiger partial charge in [0.1, 0.15) is 6.10 Å². The second-order valence-electron chi connectivity index (χ2n) is 3.26. The summed E-state index contributed by atoms with van der Waals surface area (Å²) >= 11 is 0. The predicted octanol–water partition coefficient (Wildman–Crippen LogP) is 2.23. The van der Waals surface area contributed by atoms with Crippen LogP contribution in [0, 0.1) is 0 Å². The molecule has 1 atom stereocenters. The Labute approximate surface area is 79.2 Å². The highest BCUT2D eigenvalue weighted by atomic mass is 16.6. The molecule has 1 rings (SSSR count). The highest BCUT2D eigenvalue weighted by molar-refractivity contribution is 5.66. The minimum Gasteiger partial charge on any atom is -0.446 e. The van der Waals surface area contributed by atoms with Gasteiger partial charge in [-0.15, -0.1) is 0 Å². The molecular formula is C10H17NO2. The molecule has 0 radical (unpaired) electrons. The van der Waals surface area contributed by atoms with Gasteiger partial charge in [-0.3, -0.25) is 0 Å². The van der Waals surface area contributed by atoms with Gasteiger partial charge in [0.05, 0.1) is 0 Å². The zero-order valence-corrected chi connectivity index (χ0v) is 8.08. The van der Waals surface area contributed by atoms with Gasteiger partial charge in [0.25, 0.3) is 0 Å². The van der Waals surface area contributed by atoms with Crippen molar-refractivity contribution in [2.75, 3.05) is 7.05 Å². The number of ether oxygens (including phenoxy) is 1. The lowest BCUT2D eigenvalue weighted by Gasteiger charge is -2.17. The van der Waals surface area contributed by atoms with Gasteiger partial charge in [-0.25, -0.2) is 4.79 Å². The zero-order valence-electron chi connectivity index (χ0n) is 8.08. The minimum absolute atomic E-state index is 0.102. The molecule has 0 aliphatic heterocycles. The van der Waals surface area contributed by atoms with Crippen LogP contribution in [0.25, 0.3) is 0 Å². The smallest absolute Gasteiger partial charge is 0.407 e. The molecular weight excluding hydrogens is 166 g/mol. The average molecular weight is 183 g/mol. The minimum atomic E-state index is -0.311. The van der Waals surface area contributed by atoms with Crippen LogP contribution in [0.15, 0.2) is 12.2 Å². The lowest BCUT2D eigenvalue weighted by molar-refractivity contribution is 0.0881. The van der Waals surface area contributed by atoms with Crippen molar-refractivity contribution < 1.29 is 9.53 Å². The molecule has 1 aliphatic carbocycles. The molecule has 0 bridgehead atoms. The van der Waals surface area contributed by atoms with E-state index in [9.17, 15) is 4.79 Å². The maximum Gasteiger partial charge on any atom is 0.407 e. The maximum absolute atomic E-state index is 10.9. The fourth-order valence-electron chi connectivity index (χ4n) is 1.45. The Hall–Kier alpha value is -0.990. The Balaban J connectivity index is 2.31. The molecule has 0 saturated heterocycles. The van der Waals surface area contributed by atoms with Crippen LogP contribution < -0.4 is 5.32 Å². The van der Waals surface area contributed by atoms with E-state index in [-0.39, 0.29) is 12.2 Å². The van der Waals surface area contributed by atoms with Gasteiger partial charge in [-0.05, 0) is 32.1 Å². The van der Waals surface area contributed by atoms with Crippen LogP contribution in [-0.2, 0) is 4.74 Å². The summed E-state index contributed by atoms with van der Waals surface area (Å²) in [6, 6.07) is 0. The Kier molecular flexibility index (Phi) is 4.36. The maximum atomic E-state index is 10.9. The SMILES string of the molecule is CNC(=O)O[C@H]1CC/C=C/CCC1. The first-order valence-electron chi connectivity index (χ1n) is 4.86. The standard InChI is InChI=1S/C10H17NO2/c1-11-10(12)13-9-7-5-3-2-4-6-8-9/h2-3,9H,4-8H2,1H3,(H,11,12)/b3-2+/t9-/m0/s1. The van der Waals surface area contributed by atoms with Crippen LogP contribution in [0.3, 0.4) is 0 Å². The molecule has 1 N–H and O–H groups in total. The lowest BCUT2D eigenvalue weighted by Crippen LogP contribution is -2.26. The second kappa shape index (κ2) is 5.62. The summed E-state index contributed by atoms with van der Waals surface area (Å²) in [6.45, 7) is 0. The quantitative estimate of drug-likeness (QED) is 0.633. The second-order valence-corrected chi connectivity index (χ2v) is 3.26. The molecule has 0 heterocycles. The Morgan fingerprint density at radius 3 is 2.92 bits per heavy atom. The molecule has 0 unspecified atom stereocenters. The van der Waals surface area contributed by atoms with E-state index in [1.54, 1.807) is 7.05 Å². The van der Waals surface area contributed by atoms with Crippen molar-refractivity contribution >= 4 is 6.09 Å². The van der Waals surface area contributed by atoms with Crippen molar-refractivity contribution in [3.8, 4) is 0 Å². The van der Waals surface area contributed by atoms with Crippen molar-refractivity contribution in [1.29, 1.82) is 0 Å². The van der Waals surface area contributed by atoms with Crippen molar-refractivity contribution in [2.24, 2.45) is 0 Å². The fraction of sp³-hybridized carbons (Fsp3) is 0.700. The Morgan fingerprint density at radius 2 is 2.15 bits per heavy atom. The number of hydrogen-bond donors (Lipinski definition) is 1. The van der Waals surface area contributed by atoms with Crippen LogP contribution in [-0.4, -0.2) is 19.2 Å². The van der Waals surface area contributed by atoms with Crippen LogP contribution in [0.4, 0.5) is 4.79 Å². The molecule has 74 valence electrons. The first kappa shape index (κ1) is 10.1. The van der Waals surface area contributed by atoms with Crippen molar-refractivity contribution in [1.82, 2.24) is 5.32 Å². The van der Waals surface area contributed by atoms with Gasteiger partial charge in [0.2, 0.25) is 0 Å². The molecule has 13 heavy (non-hydrogen) atoms. The van der Waals surface area contributed by atoms with E-state index >= 15 is 0 Å². The van der Waals surface area contributed by atoms with Gasteiger partial charge in [0, 0.05) is 7.05 Å². The fourth-order valence-corrected chi connectivity index (χ4v) is 1.45. The first-order chi connectivity index (χ1) is 6.33. The number of alkyl carbamates (subject to hydrolysis) is 1. The topological polar surface area (TPSA) is 38.3 Å². The largest absolute Gasteiger partial charge is 0.446 e. The lowest BCUT2D eigenvalue weighted by atomic mass is 10.0. The summed E-state index contributed by atoms with van der Waals surface area (Å²) in [5.74, 6) is 0. The number of allylic oxidation sites excluding steroid dienone is 2. The molecule has 1 aliphatic rings. The third kappa shape index (κ3) is 3.97. The number of carbonyl (C=O) groups is 1. The van der Waals surface area contributed by atoms with Gasteiger partial charge in [-0.2, -0.15) is 0 Å². The van der Waals surface area contributed by atoms with Crippen LogP contribution >= 0.6 is 0 Å². The van der Waals surface area contributed by atoms with Crippen molar-refractivity contribution in [3.05, 3.63) is 12.2 Å². The summed E-state index contributed by atoms with van der Waals surface area (Å²) in [5.41, 5.74) is 0. The molecule has 0 fully saturated rings. The van der Waals surface area contributed by atoms with Gasteiger partial charge < -0.3 is 10.1 Å². The molecule has 0 aromatic carbocycles. The summed E-state index contributed by atoms with van der Waals surface area (Å²) in [4.78, 5) is 10.9. The third-order valence-electron chi connectivity index (χ3n) is 2.20. The van der Waals surface area contributed by atoms with Crippen LogP contribution in [0.2, 0.25) is 0 Å². The number of hydrogen-bond acceptors (Lipinski definition) is 2. The normalized spacial score (nSPS) is 25.5. The van der Waals surface area contributed by atoms with Gasteiger partial charge in [0.15, 0.2) is 0 Å².